The highest BCUT2D eigenvalue weighted by Gasteiger charge is 2.70. The quantitative estimate of drug-likeness (QED) is 0.0701. The number of pyridine rings is 1. The van der Waals surface area contributed by atoms with Crippen LogP contribution in [0.4, 0.5) is 4.39 Å². The zero-order valence-electron chi connectivity index (χ0n) is 27.4. The average molecular weight is 766 g/mol. The molecule has 2 aliphatic rings. The summed E-state index contributed by atoms with van der Waals surface area (Å²) in [6.45, 7) is 9.99. The number of nitrogens with one attached hydrogen (secondary N) is 1. The fourth-order valence-electron chi connectivity index (χ4n) is 6.20. The van der Waals surface area contributed by atoms with Crippen LogP contribution in [0.3, 0.4) is 0 Å². The Morgan fingerprint density at radius 3 is 2.58 bits per heavy atom. The molecule has 11 nitrogen and oxygen atoms in total. The molecule has 3 atom stereocenters. The minimum Gasteiger partial charge on any atom is -0.400 e. The number of imide groups is 1. The van der Waals surface area contributed by atoms with Crippen LogP contribution in [0.25, 0.3) is 22.3 Å². The van der Waals surface area contributed by atoms with Gasteiger partial charge in [-0.15, -0.1) is 0 Å². The number of epoxide rings is 1. The number of benzene rings is 2. The van der Waals surface area contributed by atoms with Gasteiger partial charge in [-0.2, -0.15) is 4.98 Å². The molecule has 2 saturated heterocycles. The van der Waals surface area contributed by atoms with E-state index in [9.17, 15) is 14.7 Å². The first kappa shape index (κ1) is 37.6. The average Bonchev–Trinajstić information content (AvgIpc) is 3.40. The van der Waals surface area contributed by atoms with Crippen molar-refractivity contribution in [1.29, 1.82) is 0 Å². The molecule has 6 rings (SSSR count). The van der Waals surface area contributed by atoms with Crippen molar-refractivity contribution in [3.63, 3.8) is 0 Å². The molecule has 0 saturated carbocycles. The summed E-state index contributed by atoms with van der Waals surface area (Å²) in [5.74, 6) is -0.745. The normalized spacial score (nSPS) is 20.8. The number of aromatic nitrogens is 3. The molecular formula is C33H38B2FIN6O5. The van der Waals surface area contributed by atoms with Crippen molar-refractivity contribution in [2.75, 3.05) is 13.1 Å². The van der Waals surface area contributed by atoms with Gasteiger partial charge in [0.05, 0.1) is 10.9 Å². The Labute approximate surface area is 295 Å². The van der Waals surface area contributed by atoms with E-state index < -0.39 is 16.6 Å². The van der Waals surface area contributed by atoms with Gasteiger partial charge in [-0.3, -0.25) is 28.7 Å². The third kappa shape index (κ3) is 7.80. The predicted octanol–water partition coefficient (Wildman–Crippen LogP) is 4.23. The summed E-state index contributed by atoms with van der Waals surface area (Å²) in [4.78, 5) is 33.0. The number of nitrogens with two attached hydrogens (primary N) is 1. The van der Waals surface area contributed by atoms with Crippen LogP contribution < -0.4 is 9.26 Å². The molecule has 4 N–H and O–H groups in total. The molecule has 2 fully saturated rings. The smallest absolute Gasteiger partial charge is 0.239 e. The Bertz CT molecular complexity index is 1740. The number of carbonyl (C=O) groups is 2. The van der Waals surface area contributed by atoms with Crippen molar-refractivity contribution in [3.8, 4) is 11.4 Å². The number of hydrogen-bond donors (Lipinski definition) is 3. The Morgan fingerprint density at radius 1 is 1.25 bits per heavy atom. The molecule has 250 valence electrons. The van der Waals surface area contributed by atoms with E-state index in [2.05, 4.69) is 29.3 Å². The van der Waals surface area contributed by atoms with Crippen molar-refractivity contribution >= 4 is 61.8 Å². The van der Waals surface area contributed by atoms with Gasteiger partial charge in [-0.25, -0.2) is 4.39 Å². The van der Waals surface area contributed by atoms with Gasteiger partial charge in [-0.1, -0.05) is 56.3 Å². The van der Waals surface area contributed by atoms with Crippen LogP contribution in [0.5, 0.6) is 0 Å². The van der Waals surface area contributed by atoms with Gasteiger partial charge in [0.2, 0.25) is 24.0 Å². The first-order valence-electron chi connectivity index (χ1n) is 15.6. The lowest BCUT2D eigenvalue weighted by Gasteiger charge is -2.33. The molecule has 0 spiro atoms. The summed E-state index contributed by atoms with van der Waals surface area (Å²) in [6, 6.07) is 13.1. The van der Waals surface area contributed by atoms with E-state index in [-0.39, 0.29) is 35.8 Å². The van der Waals surface area contributed by atoms with E-state index in [1.54, 1.807) is 41.2 Å². The summed E-state index contributed by atoms with van der Waals surface area (Å²) < 4.78 is 31.9. The molecule has 15 heteroatoms. The number of aliphatic hydroxyl groups is 1. The van der Waals surface area contributed by atoms with Crippen molar-refractivity contribution in [1.82, 2.24) is 25.3 Å². The van der Waals surface area contributed by atoms with Gasteiger partial charge >= 0.3 is 0 Å². The number of piperidine rings is 1. The highest BCUT2D eigenvalue weighted by molar-refractivity contribution is 14.1. The second-order valence-corrected chi connectivity index (χ2v) is 12.0. The van der Waals surface area contributed by atoms with Crippen molar-refractivity contribution in [3.05, 3.63) is 77.1 Å². The lowest BCUT2D eigenvalue weighted by molar-refractivity contribution is -0.125. The fraction of sp³-hybridized carbons (Fsp3) is 0.424. The SMILES string of the molecule is CC.NI.[B]C([B])(O)c1nc(-c2ccc(CN3CCC4(c5ccc6ncc(C(C)CCC(=O)NC=O)cc6c5F)OC4(C)C3)cc2)no1. The highest BCUT2D eigenvalue weighted by Crippen LogP contribution is 2.61. The predicted molar refractivity (Wildman–Crippen MR) is 189 cm³/mol. The maximum Gasteiger partial charge on any atom is 0.239 e. The van der Waals surface area contributed by atoms with Gasteiger partial charge < -0.3 is 14.4 Å². The van der Waals surface area contributed by atoms with E-state index in [0.717, 1.165) is 11.1 Å². The Kier molecular flexibility index (Phi) is 12.2. The number of hydrogen-bond acceptors (Lipinski definition) is 10. The van der Waals surface area contributed by atoms with Crippen LogP contribution in [0.1, 0.15) is 75.5 Å². The van der Waals surface area contributed by atoms with Crippen LogP contribution in [0.2, 0.25) is 0 Å². The van der Waals surface area contributed by atoms with Crippen LogP contribution in [-0.4, -0.2) is 71.8 Å². The van der Waals surface area contributed by atoms with Crippen molar-refractivity contribution in [2.24, 2.45) is 3.95 Å². The number of carbonyl (C=O) groups excluding carboxylic acids is 2. The minimum atomic E-state index is -2.21. The second kappa shape index (κ2) is 15.5. The van der Waals surface area contributed by atoms with Gasteiger partial charge in [0.1, 0.15) is 32.7 Å². The van der Waals surface area contributed by atoms with Crippen molar-refractivity contribution in [2.45, 2.75) is 76.0 Å². The molecule has 4 radical (unpaired) electrons. The molecule has 2 amide bonds. The van der Waals surface area contributed by atoms with Crippen LogP contribution in [0, 0.1) is 5.82 Å². The van der Waals surface area contributed by atoms with Crippen LogP contribution in [-0.2, 0) is 31.9 Å². The van der Waals surface area contributed by atoms with Crippen LogP contribution >= 0.6 is 22.9 Å². The third-order valence-electron chi connectivity index (χ3n) is 8.75. The van der Waals surface area contributed by atoms with E-state index in [1.165, 1.54) is 0 Å². The molecule has 2 aliphatic heterocycles. The first-order valence-corrected chi connectivity index (χ1v) is 16.9. The molecular weight excluding hydrogens is 728 g/mol. The van der Waals surface area contributed by atoms with Gasteiger partial charge in [0.15, 0.2) is 0 Å². The zero-order chi connectivity index (χ0) is 35.3. The third-order valence-corrected chi connectivity index (χ3v) is 8.75. The van der Waals surface area contributed by atoms with Gasteiger partial charge in [-0.05, 0) is 48.9 Å². The van der Waals surface area contributed by atoms with Crippen molar-refractivity contribution < 1.29 is 28.3 Å². The number of halogens is 2. The van der Waals surface area contributed by atoms with Crippen LogP contribution in [0.15, 0.2) is 53.2 Å². The van der Waals surface area contributed by atoms with E-state index in [1.807, 2.05) is 58.0 Å². The lowest BCUT2D eigenvalue weighted by atomic mass is 9.65. The first-order chi connectivity index (χ1) is 22.9. The van der Waals surface area contributed by atoms with Gasteiger partial charge in [0.25, 0.3) is 0 Å². The Morgan fingerprint density at radius 2 is 1.96 bits per heavy atom. The molecule has 4 heterocycles. The fourth-order valence-corrected chi connectivity index (χ4v) is 6.20. The molecule has 4 aromatic rings. The summed E-state index contributed by atoms with van der Waals surface area (Å²) >= 11 is 1.65. The molecule has 2 aromatic heterocycles. The molecule has 48 heavy (non-hydrogen) atoms. The lowest BCUT2D eigenvalue weighted by Crippen LogP contribution is -2.44. The molecule has 0 aliphatic carbocycles. The summed E-state index contributed by atoms with van der Waals surface area (Å²) in [7, 11) is 10.8. The maximum absolute atomic E-state index is 16.2. The summed E-state index contributed by atoms with van der Waals surface area (Å²) in [6.07, 6.45) is 3.40. The summed E-state index contributed by atoms with van der Waals surface area (Å²) in [5, 5.41) is 13.8. The largest absolute Gasteiger partial charge is 0.400 e. The highest BCUT2D eigenvalue weighted by atomic mass is 127. The Hall–Kier alpha value is -3.24. The van der Waals surface area contributed by atoms with E-state index in [4.69, 9.17) is 25.0 Å². The van der Waals surface area contributed by atoms with E-state index >= 15 is 4.39 Å². The number of amides is 2. The summed E-state index contributed by atoms with van der Waals surface area (Å²) in [5.41, 5.74) is 2.40. The number of ether oxygens (including phenoxy) is 1. The number of rotatable bonds is 10. The second-order valence-electron chi connectivity index (χ2n) is 12.0. The standard InChI is InChI=1S/C31H30B2FN5O5.C2H6.H2IN/c1-18(3-10-25(41)36-17-40)21-13-22-24(35-14-21)9-8-23(26(22)34)30-11-12-39(16-29(30,2)44-30)15-19-4-6-20(7-5-19)27-37-28(43-38-27)31(32,33)42;2*1-2/h4-9,13-14,17-18,42H,3,10-12,15-16H2,1-2H3,(H,36,40,41);1-2H3;2H2. The molecule has 2 aromatic carbocycles. The number of fused-ring (bicyclic) bond motifs is 2. The molecule has 0 bridgehead atoms. The Balaban J connectivity index is 0.00000125. The van der Waals surface area contributed by atoms with E-state index in [0.29, 0.717) is 60.9 Å². The van der Waals surface area contributed by atoms with Gasteiger partial charge in [0, 0.05) is 71.6 Å². The minimum absolute atomic E-state index is 0.0492. The maximum atomic E-state index is 16.2. The number of nitrogens with zero attached hydrogens (tertiary/aromatic N) is 4. The monoisotopic (exact) mass is 766 g/mol. The number of likely N-dealkylation sites (tertiary alicyclic amines) is 1. The molecule has 3 unspecified atom stereocenters. The zero-order valence-corrected chi connectivity index (χ0v) is 29.5. The topological polar surface area (TPSA) is 160 Å².